The van der Waals surface area contributed by atoms with Crippen molar-refractivity contribution in [1.82, 2.24) is 20.3 Å². The van der Waals surface area contributed by atoms with Gasteiger partial charge in [0.05, 0.1) is 16.3 Å². The highest BCUT2D eigenvalue weighted by Crippen LogP contribution is 2.23. The van der Waals surface area contributed by atoms with E-state index in [0.717, 1.165) is 5.56 Å². The molecular formula is C21H14Cl2FN5OS. The molecule has 0 fully saturated rings. The van der Waals surface area contributed by atoms with Crippen LogP contribution in [0.3, 0.4) is 0 Å². The number of nitrogens with zero attached hydrogens (tertiary/aromatic N) is 3. The van der Waals surface area contributed by atoms with Crippen LogP contribution in [0.1, 0.15) is 15.9 Å². The summed E-state index contributed by atoms with van der Waals surface area (Å²) in [5.74, 6) is -0.816. The predicted molar refractivity (Wildman–Crippen MR) is 124 cm³/mol. The summed E-state index contributed by atoms with van der Waals surface area (Å²) >= 11 is 17.3. The van der Waals surface area contributed by atoms with Crippen LogP contribution in [0.25, 0.3) is 16.7 Å². The highest BCUT2D eigenvalue weighted by atomic mass is 35.5. The second kappa shape index (κ2) is 8.58. The summed E-state index contributed by atoms with van der Waals surface area (Å²) in [5, 5.41) is 15.2. The summed E-state index contributed by atoms with van der Waals surface area (Å²) in [5.41, 5.74) is 3.60. The highest BCUT2D eigenvalue weighted by molar-refractivity contribution is 7.80. The summed E-state index contributed by atoms with van der Waals surface area (Å²) < 4.78 is 13.2. The number of thiocarbonyl (C=S) groups is 1. The summed E-state index contributed by atoms with van der Waals surface area (Å²) in [6.45, 7) is 1.87. The van der Waals surface area contributed by atoms with Crippen molar-refractivity contribution in [2.45, 2.75) is 6.92 Å². The van der Waals surface area contributed by atoms with Gasteiger partial charge in [-0.25, -0.2) is 4.39 Å². The normalized spacial score (nSPS) is 10.8. The van der Waals surface area contributed by atoms with Gasteiger partial charge in [0.2, 0.25) is 0 Å². The number of anilines is 1. The maximum atomic E-state index is 13.2. The topological polar surface area (TPSA) is 71.8 Å². The number of nitrogens with one attached hydrogen (secondary N) is 2. The van der Waals surface area contributed by atoms with Gasteiger partial charge in [-0.3, -0.25) is 10.1 Å². The van der Waals surface area contributed by atoms with E-state index in [1.54, 1.807) is 24.3 Å². The molecule has 0 unspecified atom stereocenters. The van der Waals surface area contributed by atoms with Gasteiger partial charge in [-0.05, 0) is 79.3 Å². The molecule has 6 nitrogen and oxygen atoms in total. The Morgan fingerprint density at radius 1 is 1.03 bits per heavy atom. The molecule has 0 saturated heterocycles. The first kappa shape index (κ1) is 21.2. The lowest BCUT2D eigenvalue weighted by Crippen LogP contribution is -2.34. The zero-order valence-electron chi connectivity index (χ0n) is 16.0. The molecule has 0 atom stereocenters. The average molecular weight is 474 g/mol. The van der Waals surface area contributed by atoms with Crippen molar-refractivity contribution in [3.8, 4) is 5.69 Å². The Balaban J connectivity index is 1.54. The van der Waals surface area contributed by atoms with Crippen molar-refractivity contribution in [2.24, 2.45) is 0 Å². The van der Waals surface area contributed by atoms with Gasteiger partial charge in [-0.15, -0.1) is 10.2 Å². The molecule has 4 rings (SSSR count). The van der Waals surface area contributed by atoms with Crippen molar-refractivity contribution in [3.05, 3.63) is 81.6 Å². The quantitative estimate of drug-likeness (QED) is 0.395. The molecule has 1 aromatic heterocycles. The first-order valence-electron chi connectivity index (χ1n) is 9.01. The van der Waals surface area contributed by atoms with Crippen molar-refractivity contribution in [2.75, 3.05) is 5.32 Å². The van der Waals surface area contributed by atoms with Crippen molar-refractivity contribution in [3.63, 3.8) is 0 Å². The molecule has 0 aliphatic carbocycles. The number of halogens is 3. The molecule has 31 heavy (non-hydrogen) atoms. The van der Waals surface area contributed by atoms with E-state index in [4.69, 9.17) is 35.4 Å². The van der Waals surface area contributed by atoms with Crippen LogP contribution in [0, 0.1) is 12.7 Å². The van der Waals surface area contributed by atoms with Crippen LogP contribution >= 0.6 is 35.4 Å². The lowest BCUT2D eigenvalue weighted by Gasteiger charge is -2.12. The number of carbonyl (C=O) groups excluding carboxylic acids is 1. The molecule has 4 aromatic rings. The van der Waals surface area contributed by atoms with E-state index >= 15 is 0 Å². The Labute approximate surface area is 192 Å². The smallest absolute Gasteiger partial charge is 0.258 e. The molecule has 2 N–H and O–H groups in total. The third-order valence-electron chi connectivity index (χ3n) is 4.43. The number of rotatable bonds is 3. The van der Waals surface area contributed by atoms with E-state index in [1.807, 2.05) is 13.0 Å². The Morgan fingerprint density at radius 2 is 1.71 bits per heavy atom. The molecule has 0 saturated carbocycles. The molecule has 10 heteroatoms. The molecule has 0 bridgehead atoms. The largest absolute Gasteiger partial charge is 0.332 e. The molecular weight excluding hydrogens is 460 g/mol. The van der Waals surface area contributed by atoms with Gasteiger partial charge in [0, 0.05) is 10.7 Å². The number of amides is 1. The highest BCUT2D eigenvalue weighted by Gasteiger charge is 2.14. The minimum Gasteiger partial charge on any atom is -0.332 e. The first-order valence-corrected chi connectivity index (χ1v) is 10.2. The van der Waals surface area contributed by atoms with Crippen molar-refractivity contribution >= 4 is 63.2 Å². The van der Waals surface area contributed by atoms with Gasteiger partial charge in [0.15, 0.2) is 5.11 Å². The Bertz CT molecular complexity index is 1320. The van der Waals surface area contributed by atoms with Crippen molar-refractivity contribution in [1.29, 1.82) is 0 Å². The molecule has 3 aromatic carbocycles. The number of benzene rings is 3. The SMILES string of the molecule is Cc1cc2nn(-c3ccc(F)cc3)nc2cc1NC(=S)NC(=O)c1cc(Cl)ccc1Cl. The number of aryl methyl sites for hydroxylation is 1. The van der Waals surface area contributed by atoms with E-state index in [-0.39, 0.29) is 21.5 Å². The average Bonchev–Trinajstić information content (AvgIpc) is 3.13. The van der Waals surface area contributed by atoms with E-state index in [0.29, 0.717) is 27.4 Å². The van der Waals surface area contributed by atoms with Gasteiger partial charge in [0.1, 0.15) is 16.9 Å². The van der Waals surface area contributed by atoms with Crippen LogP contribution in [-0.2, 0) is 0 Å². The van der Waals surface area contributed by atoms with E-state index in [1.165, 1.54) is 29.1 Å². The number of aromatic nitrogens is 3. The maximum absolute atomic E-state index is 13.2. The number of hydrogen-bond acceptors (Lipinski definition) is 4. The lowest BCUT2D eigenvalue weighted by atomic mass is 10.2. The standard InChI is InChI=1S/C21H14Cl2FN5OS/c1-11-8-18-19(28-29(27-18)14-5-3-13(24)4-6-14)10-17(11)25-21(31)26-20(30)15-9-12(22)2-7-16(15)23/h2-10H,1H3,(H2,25,26,30,31). The molecule has 1 heterocycles. The monoisotopic (exact) mass is 473 g/mol. The van der Waals surface area contributed by atoms with Crippen LogP contribution in [-0.4, -0.2) is 26.0 Å². The summed E-state index contributed by atoms with van der Waals surface area (Å²) in [6, 6.07) is 14.1. The van der Waals surface area contributed by atoms with Gasteiger partial charge < -0.3 is 5.32 Å². The van der Waals surface area contributed by atoms with E-state index in [9.17, 15) is 9.18 Å². The lowest BCUT2D eigenvalue weighted by molar-refractivity contribution is 0.0978. The molecule has 0 aliphatic heterocycles. The first-order chi connectivity index (χ1) is 14.8. The molecule has 1 amide bonds. The predicted octanol–water partition coefficient (Wildman–Crippen LogP) is 5.30. The van der Waals surface area contributed by atoms with Gasteiger partial charge in [0.25, 0.3) is 5.91 Å². The number of hydrogen-bond donors (Lipinski definition) is 2. The Hall–Kier alpha value is -3.07. The Kier molecular flexibility index (Phi) is 5.86. The fourth-order valence-electron chi connectivity index (χ4n) is 2.89. The third kappa shape index (κ3) is 4.66. The van der Waals surface area contributed by atoms with Gasteiger partial charge in [-0.2, -0.15) is 4.80 Å². The fraction of sp³-hybridized carbons (Fsp3) is 0.0476. The summed E-state index contributed by atoms with van der Waals surface area (Å²) in [6.07, 6.45) is 0. The number of fused-ring (bicyclic) bond motifs is 1. The second-order valence-corrected chi connectivity index (χ2v) is 7.91. The van der Waals surface area contributed by atoms with Crippen LogP contribution in [0.15, 0.2) is 54.6 Å². The molecule has 0 aliphatic rings. The second-order valence-electron chi connectivity index (χ2n) is 6.65. The fourth-order valence-corrected chi connectivity index (χ4v) is 3.47. The summed E-state index contributed by atoms with van der Waals surface area (Å²) in [4.78, 5) is 13.9. The zero-order chi connectivity index (χ0) is 22.1. The van der Waals surface area contributed by atoms with Gasteiger partial charge in [-0.1, -0.05) is 23.2 Å². The molecule has 0 spiro atoms. The minimum absolute atomic E-state index is 0.0921. The van der Waals surface area contributed by atoms with Crippen molar-refractivity contribution < 1.29 is 9.18 Å². The Morgan fingerprint density at radius 3 is 2.42 bits per heavy atom. The zero-order valence-corrected chi connectivity index (χ0v) is 18.3. The van der Waals surface area contributed by atoms with Crippen LogP contribution in [0.2, 0.25) is 10.0 Å². The van der Waals surface area contributed by atoms with E-state index in [2.05, 4.69) is 20.8 Å². The van der Waals surface area contributed by atoms with Crippen LogP contribution < -0.4 is 10.6 Å². The molecule has 0 radical (unpaired) electrons. The summed E-state index contributed by atoms with van der Waals surface area (Å²) in [7, 11) is 0. The minimum atomic E-state index is -0.481. The van der Waals surface area contributed by atoms with E-state index < -0.39 is 5.91 Å². The number of carbonyl (C=O) groups is 1. The molecule has 156 valence electrons. The maximum Gasteiger partial charge on any atom is 0.258 e. The third-order valence-corrected chi connectivity index (χ3v) is 5.20. The van der Waals surface area contributed by atoms with Crippen LogP contribution in [0.5, 0.6) is 0 Å². The van der Waals surface area contributed by atoms with Crippen LogP contribution in [0.4, 0.5) is 10.1 Å². The van der Waals surface area contributed by atoms with Gasteiger partial charge >= 0.3 is 0 Å².